The van der Waals surface area contributed by atoms with E-state index in [-0.39, 0.29) is 11.2 Å². The third-order valence-electron chi connectivity index (χ3n) is 3.38. The monoisotopic (exact) mass is 193 g/mol. The fourth-order valence-electron chi connectivity index (χ4n) is 2.48. The van der Waals surface area contributed by atoms with Gasteiger partial charge in [0, 0.05) is 12.0 Å². The maximum absolute atomic E-state index is 13.5. The summed E-state index contributed by atoms with van der Waals surface area (Å²) in [6, 6.07) is 7.47. The molecule has 14 heavy (non-hydrogen) atoms. The van der Waals surface area contributed by atoms with Crippen LogP contribution in [0, 0.1) is 11.2 Å². The van der Waals surface area contributed by atoms with Crippen molar-refractivity contribution >= 4 is 0 Å². The number of likely N-dealkylation sites (N-methyl/N-ethyl adjacent to an activating group) is 1. The van der Waals surface area contributed by atoms with Crippen molar-refractivity contribution in [3.63, 3.8) is 0 Å². The highest BCUT2D eigenvalue weighted by molar-refractivity contribution is 5.35. The highest BCUT2D eigenvalue weighted by Crippen LogP contribution is 2.58. The maximum Gasteiger partial charge on any atom is 0.126 e. The molecule has 2 heteroatoms. The molecule has 0 bridgehead atoms. The minimum atomic E-state index is -0.0803. The van der Waals surface area contributed by atoms with Crippen LogP contribution in [0.1, 0.15) is 25.3 Å². The topological polar surface area (TPSA) is 12.0 Å². The molecule has 0 aliphatic heterocycles. The zero-order chi connectivity index (χ0) is 10.3. The van der Waals surface area contributed by atoms with Gasteiger partial charge in [0.05, 0.1) is 0 Å². The Morgan fingerprint density at radius 2 is 1.93 bits per heavy atom. The highest BCUT2D eigenvalue weighted by Gasteiger charge is 2.58. The van der Waals surface area contributed by atoms with Crippen LogP contribution >= 0.6 is 0 Å². The van der Waals surface area contributed by atoms with Crippen molar-refractivity contribution in [2.24, 2.45) is 5.41 Å². The summed E-state index contributed by atoms with van der Waals surface area (Å²) < 4.78 is 13.5. The molecule has 1 fully saturated rings. The van der Waals surface area contributed by atoms with Crippen LogP contribution in [-0.2, 0) is 0 Å². The van der Waals surface area contributed by atoms with E-state index < -0.39 is 0 Å². The Balaban J connectivity index is 2.31. The molecule has 1 aliphatic carbocycles. The van der Waals surface area contributed by atoms with Crippen LogP contribution in [-0.4, -0.2) is 13.1 Å². The van der Waals surface area contributed by atoms with Gasteiger partial charge in [-0.25, -0.2) is 4.39 Å². The van der Waals surface area contributed by atoms with Crippen LogP contribution < -0.4 is 5.32 Å². The predicted octanol–water partition coefficient (Wildman–Crippen LogP) is 2.54. The van der Waals surface area contributed by atoms with E-state index in [4.69, 9.17) is 0 Å². The molecule has 76 valence electrons. The van der Waals surface area contributed by atoms with Crippen LogP contribution in [0.15, 0.2) is 24.3 Å². The summed E-state index contributed by atoms with van der Waals surface area (Å²) in [7, 11) is 1.94. The smallest absolute Gasteiger partial charge is 0.126 e. The first-order chi connectivity index (χ1) is 6.59. The second kappa shape index (κ2) is 3.06. The third kappa shape index (κ3) is 1.25. The molecule has 0 aromatic heterocycles. The lowest BCUT2D eigenvalue weighted by Gasteiger charge is -2.03. The number of nitrogens with one attached hydrogen (secondary N) is 1. The second-order valence-electron chi connectivity index (χ2n) is 4.59. The first-order valence-electron chi connectivity index (χ1n) is 5.00. The fraction of sp³-hybridized carbons (Fsp3) is 0.500. The fourth-order valence-corrected chi connectivity index (χ4v) is 2.48. The Labute approximate surface area is 84.3 Å². The summed E-state index contributed by atoms with van der Waals surface area (Å²) >= 11 is 0. The zero-order valence-corrected chi connectivity index (χ0v) is 8.84. The molecular formula is C12H16FN. The van der Waals surface area contributed by atoms with Crippen molar-refractivity contribution in [1.82, 2.24) is 5.32 Å². The number of halogens is 1. The number of benzene rings is 1. The van der Waals surface area contributed by atoms with Crippen molar-refractivity contribution in [1.29, 1.82) is 0 Å². The molecule has 1 aliphatic rings. The van der Waals surface area contributed by atoms with Gasteiger partial charge in [-0.05, 0) is 24.1 Å². The lowest BCUT2D eigenvalue weighted by Crippen LogP contribution is -2.14. The average molecular weight is 193 g/mol. The molecule has 2 rings (SSSR count). The Bertz CT molecular complexity index is 346. The summed E-state index contributed by atoms with van der Waals surface area (Å²) in [4.78, 5) is 0. The standard InChI is InChI=1S/C12H16FN/c1-12(2)10(11(12)14-3)8-6-4-5-7-9(8)13/h4-7,10-11,14H,1-3H3. The van der Waals surface area contributed by atoms with Crippen molar-refractivity contribution in [2.45, 2.75) is 25.8 Å². The molecular weight excluding hydrogens is 177 g/mol. The van der Waals surface area contributed by atoms with Gasteiger partial charge in [0.2, 0.25) is 0 Å². The molecule has 1 N–H and O–H groups in total. The molecule has 2 atom stereocenters. The largest absolute Gasteiger partial charge is 0.316 e. The van der Waals surface area contributed by atoms with E-state index in [9.17, 15) is 4.39 Å². The third-order valence-corrected chi connectivity index (χ3v) is 3.38. The molecule has 0 amide bonds. The number of hydrogen-bond acceptors (Lipinski definition) is 1. The van der Waals surface area contributed by atoms with Gasteiger partial charge in [-0.15, -0.1) is 0 Å². The summed E-state index contributed by atoms with van der Waals surface area (Å²) in [5.41, 5.74) is 1.02. The molecule has 0 heterocycles. The van der Waals surface area contributed by atoms with Gasteiger partial charge in [0.1, 0.15) is 5.82 Å². The average Bonchev–Trinajstić information content (AvgIpc) is 2.69. The van der Waals surface area contributed by atoms with Crippen LogP contribution in [0.2, 0.25) is 0 Å². The van der Waals surface area contributed by atoms with Crippen LogP contribution in [0.3, 0.4) is 0 Å². The van der Waals surface area contributed by atoms with Gasteiger partial charge in [-0.1, -0.05) is 32.0 Å². The summed E-state index contributed by atoms with van der Waals surface area (Å²) in [5, 5.41) is 3.24. The van der Waals surface area contributed by atoms with Gasteiger partial charge in [0.15, 0.2) is 0 Å². The lowest BCUT2D eigenvalue weighted by atomic mass is 10.0. The predicted molar refractivity (Wildman–Crippen MR) is 55.8 cm³/mol. The van der Waals surface area contributed by atoms with Crippen molar-refractivity contribution < 1.29 is 4.39 Å². The van der Waals surface area contributed by atoms with Gasteiger partial charge in [-0.2, -0.15) is 0 Å². The molecule has 0 saturated heterocycles. The van der Waals surface area contributed by atoms with Gasteiger partial charge < -0.3 is 5.32 Å². The quantitative estimate of drug-likeness (QED) is 0.761. The van der Waals surface area contributed by atoms with E-state index >= 15 is 0 Å². The van der Waals surface area contributed by atoms with E-state index in [0.29, 0.717) is 12.0 Å². The van der Waals surface area contributed by atoms with Gasteiger partial charge in [0.25, 0.3) is 0 Å². The SMILES string of the molecule is CNC1C(c2ccccc2F)C1(C)C. The normalized spacial score (nSPS) is 28.9. The van der Waals surface area contributed by atoms with Crippen molar-refractivity contribution in [3.05, 3.63) is 35.6 Å². The molecule has 1 nitrogen and oxygen atoms in total. The molecule has 1 aromatic rings. The maximum atomic E-state index is 13.5. The summed E-state index contributed by atoms with van der Waals surface area (Å²) in [5.74, 6) is 0.233. The molecule has 0 spiro atoms. The van der Waals surface area contributed by atoms with E-state index in [1.54, 1.807) is 6.07 Å². The first-order valence-corrected chi connectivity index (χ1v) is 5.00. The molecule has 1 aromatic carbocycles. The van der Waals surface area contributed by atoms with E-state index in [1.165, 1.54) is 6.07 Å². The first kappa shape index (κ1) is 9.66. The molecule has 1 saturated carbocycles. The minimum absolute atomic E-state index is 0.0803. The molecule has 2 unspecified atom stereocenters. The Morgan fingerprint density at radius 3 is 2.43 bits per heavy atom. The van der Waals surface area contributed by atoms with Crippen LogP contribution in [0.5, 0.6) is 0 Å². The van der Waals surface area contributed by atoms with Gasteiger partial charge in [-0.3, -0.25) is 0 Å². The van der Waals surface area contributed by atoms with Crippen molar-refractivity contribution in [3.8, 4) is 0 Å². The summed E-state index contributed by atoms with van der Waals surface area (Å²) in [6.45, 7) is 4.34. The van der Waals surface area contributed by atoms with Crippen molar-refractivity contribution in [2.75, 3.05) is 7.05 Å². The van der Waals surface area contributed by atoms with E-state index in [1.807, 2.05) is 19.2 Å². The molecule has 0 radical (unpaired) electrons. The summed E-state index contributed by atoms with van der Waals surface area (Å²) in [6.07, 6.45) is 0. The van der Waals surface area contributed by atoms with Gasteiger partial charge >= 0.3 is 0 Å². The Morgan fingerprint density at radius 1 is 1.29 bits per heavy atom. The van der Waals surface area contributed by atoms with Crippen LogP contribution in [0.4, 0.5) is 4.39 Å². The van der Waals surface area contributed by atoms with E-state index in [0.717, 1.165) is 5.56 Å². The highest BCUT2D eigenvalue weighted by atomic mass is 19.1. The van der Waals surface area contributed by atoms with E-state index in [2.05, 4.69) is 19.2 Å². The van der Waals surface area contributed by atoms with Crippen LogP contribution in [0.25, 0.3) is 0 Å². The lowest BCUT2D eigenvalue weighted by molar-refractivity contribution is 0.557. The Hall–Kier alpha value is -0.890. The number of rotatable bonds is 2. The second-order valence-corrected chi connectivity index (χ2v) is 4.59. The number of hydrogen-bond donors (Lipinski definition) is 1. The zero-order valence-electron chi connectivity index (χ0n) is 8.84. The minimum Gasteiger partial charge on any atom is -0.316 e. The Kier molecular flexibility index (Phi) is 2.11.